The van der Waals surface area contributed by atoms with Gasteiger partial charge in [0, 0.05) is 24.2 Å². The van der Waals surface area contributed by atoms with Crippen molar-refractivity contribution < 1.29 is 35.5 Å². The van der Waals surface area contributed by atoms with E-state index in [9.17, 15) is 35.5 Å². The summed E-state index contributed by atoms with van der Waals surface area (Å²) in [4.78, 5) is 20.1. The SMILES string of the molecule is Cc1cc(F)ccc1-c1cc(C2CCCCC2)nc(C)c1N(C)C(=O)C(C)(C)c1cc(C(F)(F)F)cc(C(F)(F)F)c1. The number of likely N-dealkylation sites (N-methyl/N-ethyl adjacent to an activating group) is 1. The van der Waals surface area contributed by atoms with Crippen LogP contribution in [0.15, 0.2) is 42.5 Å². The van der Waals surface area contributed by atoms with Crippen molar-refractivity contribution in [2.75, 3.05) is 11.9 Å². The summed E-state index contributed by atoms with van der Waals surface area (Å²) in [6.45, 7) is 6.03. The Labute approximate surface area is 240 Å². The summed E-state index contributed by atoms with van der Waals surface area (Å²) in [6.07, 6.45) is -4.95. The van der Waals surface area contributed by atoms with Crippen molar-refractivity contribution in [3.8, 4) is 11.1 Å². The van der Waals surface area contributed by atoms with E-state index in [-0.39, 0.29) is 12.0 Å². The molecule has 3 nitrogen and oxygen atoms in total. The quantitative estimate of drug-likeness (QED) is 0.276. The number of carbonyl (C=O) groups is 1. The van der Waals surface area contributed by atoms with Gasteiger partial charge >= 0.3 is 12.4 Å². The van der Waals surface area contributed by atoms with E-state index in [1.165, 1.54) is 37.9 Å². The molecular weight excluding hydrogens is 561 g/mol. The molecule has 42 heavy (non-hydrogen) atoms. The van der Waals surface area contributed by atoms with E-state index < -0.39 is 46.2 Å². The number of hydrogen-bond acceptors (Lipinski definition) is 2. The molecule has 1 saturated carbocycles. The molecule has 1 heterocycles. The van der Waals surface area contributed by atoms with Crippen LogP contribution >= 0.6 is 0 Å². The molecule has 0 atom stereocenters. The summed E-state index contributed by atoms with van der Waals surface area (Å²) in [6, 6.07) is 7.35. The standard InChI is InChI=1S/C32H33F7N2O/c1-18-13-24(33)11-12-25(18)26-17-27(20-9-7-6-8-10-20)40-19(2)28(26)41(5)29(42)30(3,4)21-14-22(31(34,35)36)16-23(15-21)32(37,38)39/h11-17,20H,6-10H2,1-5H3. The summed E-state index contributed by atoms with van der Waals surface area (Å²) in [7, 11) is 1.43. The van der Waals surface area contributed by atoms with Gasteiger partial charge in [-0.1, -0.05) is 25.3 Å². The molecule has 0 bridgehead atoms. The van der Waals surface area contributed by atoms with Gasteiger partial charge in [0.15, 0.2) is 0 Å². The minimum atomic E-state index is -5.05. The van der Waals surface area contributed by atoms with Crippen molar-refractivity contribution in [1.29, 1.82) is 0 Å². The second-order valence-electron chi connectivity index (χ2n) is 11.6. The zero-order valence-electron chi connectivity index (χ0n) is 24.1. The molecule has 4 rings (SSSR count). The molecule has 1 aromatic heterocycles. The molecule has 0 unspecified atom stereocenters. The molecule has 226 valence electrons. The first-order valence-corrected chi connectivity index (χ1v) is 13.8. The average molecular weight is 595 g/mol. The monoisotopic (exact) mass is 594 g/mol. The highest BCUT2D eigenvalue weighted by Gasteiger charge is 2.41. The number of hydrogen-bond donors (Lipinski definition) is 0. The van der Waals surface area contributed by atoms with Crippen LogP contribution in [-0.4, -0.2) is 17.9 Å². The molecular formula is C32H33F7N2O. The lowest BCUT2D eigenvalue weighted by atomic mass is 9.81. The minimum absolute atomic E-state index is 0.0429. The maximum absolute atomic E-state index is 14.0. The molecule has 0 spiro atoms. The van der Waals surface area contributed by atoms with Gasteiger partial charge in [0.05, 0.1) is 27.9 Å². The van der Waals surface area contributed by atoms with E-state index in [2.05, 4.69) is 0 Å². The number of rotatable bonds is 5. The number of alkyl halides is 6. The molecule has 1 fully saturated rings. The lowest BCUT2D eigenvalue weighted by molar-refractivity contribution is -0.143. The van der Waals surface area contributed by atoms with Crippen molar-refractivity contribution in [3.63, 3.8) is 0 Å². The highest BCUT2D eigenvalue weighted by molar-refractivity contribution is 6.04. The first kappa shape index (κ1) is 31.5. The van der Waals surface area contributed by atoms with E-state index in [4.69, 9.17) is 4.98 Å². The number of halogens is 7. The smallest absolute Gasteiger partial charge is 0.312 e. The summed E-state index contributed by atoms with van der Waals surface area (Å²) in [5.41, 5.74) is -1.70. The molecule has 0 N–H and O–H groups in total. The predicted octanol–water partition coefficient (Wildman–Crippen LogP) is 9.53. The number of amides is 1. The van der Waals surface area contributed by atoms with Gasteiger partial charge in [-0.2, -0.15) is 26.3 Å². The molecule has 1 aliphatic carbocycles. The third-order valence-corrected chi connectivity index (χ3v) is 8.17. The Balaban J connectivity index is 1.86. The number of benzene rings is 2. The third-order valence-electron chi connectivity index (χ3n) is 8.17. The van der Waals surface area contributed by atoms with Gasteiger partial charge in [-0.05, 0) is 93.6 Å². The average Bonchev–Trinajstić information content (AvgIpc) is 2.91. The van der Waals surface area contributed by atoms with Crippen LogP contribution in [0.1, 0.15) is 85.5 Å². The molecule has 3 aromatic rings. The largest absolute Gasteiger partial charge is 0.416 e. The van der Waals surface area contributed by atoms with E-state index in [1.807, 2.05) is 6.07 Å². The maximum atomic E-state index is 14.0. The molecule has 1 aliphatic rings. The lowest BCUT2D eigenvalue weighted by Gasteiger charge is -2.33. The van der Waals surface area contributed by atoms with Crippen LogP contribution in [-0.2, 0) is 22.6 Å². The van der Waals surface area contributed by atoms with Crippen molar-refractivity contribution in [1.82, 2.24) is 4.98 Å². The zero-order chi connectivity index (χ0) is 31.2. The van der Waals surface area contributed by atoms with E-state index in [0.29, 0.717) is 40.2 Å². The van der Waals surface area contributed by atoms with Gasteiger partial charge in [-0.15, -0.1) is 0 Å². The van der Waals surface area contributed by atoms with Crippen molar-refractivity contribution in [2.45, 2.75) is 83.5 Å². The number of aryl methyl sites for hydroxylation is 2. The third kappa shape index (κ3) is 6.32. The molecule has 0 radical (unpaired) electrons. The van der Waals surface area contributed by atoms with Gasteiger partial charge in [-0.25, -0.2) is 4.39 Å². The maximum Gasteiger partial charge on any atom is 0.416 e. The van der Waals surface area contributed by atoms with E-state index >= 15 is 0 Å². The topological polar surface area (TPSA) is 33.2 Å². The van der Waals surface area contributed by atoms with Gasteiger partial charge in [0.2, 0.25) is 5.91 Å². The molecule has 0 saturated heterocycles. The second-order valence-corrected chi connectivity index (χ2v) is 11.6. The zero-order valence-corrected chi connectivity index (χ0v) is 24.1. The number of nitrogens with zero attached hydrogens (tertiary/aromatic N) is 2. The van der Waals surface area contributed by atoms with Gasteiger partial charge in [0.25, 0.3) is 0 Å². The highest BCUT2D eigenvalue weighted by atomic mass is 19.4. The molecule has 10 heteroatoms. The second kappa shape index (κ2) is 11.3. The minimum Gasteiger partial charge on any atom is -0.312 e. The van der Waals surface area contributed by atoms with Crippen LogP contribution < -0.4 is 4.90 Å². The van der Waals surface area contributed by atoms with E-state index in [0.717, 1.165) is 37.8 Å². The Morgan fingerprint density at radius 1 is 0.810 bits per heavy atom. The highest BCUT2D eigenvalue weighted by Crippen LogP contribution is 2.43. The van der Waals surface area contributed by atoms with Crippen molar-refractivity contribution in [2.24, 2.45) is 0 Å². The Morgan fingerprint density at radius 3 is 1.88 bits per heavy atom. The summed E-state index contributed by atoms with van der Waals surface area (Å²) < 4.78 is 95.7. The fraction of sp³-hybridized carbons (Fsp3) is 0.438. The summed E-state index contributed by atoms with van der Waals surface area (Å²) in [5, 5.41) is 0. The molecule has 2 aromatic carbocycles. The van der Waals surface area contributed by atoms with Crippen LogP contribution in [0, 0.1) is 19.7 Å². The molecule has 0 aliphatic heterocycles. The van der Waals surface area contributed by atoms with Crippen LogP contribution in [0.4, 0.5) is 36.4 Å². The van der Waals surface area contributed by atoms with Crippen LogP contribution in [0.5, 0.6) is 0 Å². The number of aromatic nitrogens is 1. The Bertz CT molecular complexity index is 1450. The lowest BCUT2D eigenvalue weighted by Crippen LogP contribution is -2.42. The van der Waals surface area contributed by atoms with Gasteiger partial charge in [-0.3, -0.25) is 9.78 Å². The Hall–Kier alpha value is -3.43. The fourth-order valence-electron chi connectivity index (χ4n) is 5.82. The Morgan fingerprint density at radius 2 is 1.36 bits per heavy atom. The van der Waals surface area contributed by atoms with E-state index in [1.54, 1.807) is 19.9 Å². The number of pyridine rings is 1. The van der Waals surface area contributed by atoms with Crippen LogP contribution in [0.2, 0.25) is 0 Å². The van der Waals surface area contributed by atoms with Gasteiger partial charge < -0.3 is 4.90 Å². The number of anilines is 1. The Kier molecular flexibility index (Phi) is 8.50. The van der Waals surface area contributed by atoms with Crippen LogP contribution in [0.25, 0.3) is 11.1 Å². The summed E-state index contributed by atoms with van der Waals surface area (Å²) >= 11 is 0. The first-order chi connectivity index (χ1) is 19.4. The van der Waals surface area contributed by atoms with Crippen LogP contribution in [0.3, 0.4) is 0 Å². The number of carbonyl (C=O) groups excluding carboxylic acids is 1. The summed E-state index contributed by atoms with van der Waals surface area (Å²) in [5.74, 6) is -0.965. The predicted molar refractivity (Wildman–Crippen MR) is 148 cm³/mol. The van der Waals surface area contributed by atoms with Crippen molar-refractivity contribution >= 4 is 11.6 Å². The first-order valence-electron chi connectivity index (χ1n) is 13.8. The normalized spacial score (nSPS) is 15.1. The van der Waals surface area contributed by atoms with Crippen molar-refractivity contribution in [3.05, 3.63) is 81.9 Å². The molecule has 1 amide bonds. The van der Waals surface area contributed by atoms with Gasteiger partial charge in [0.1, 0.15) is 5.82 Å². The fourth-order valence-corrected chi connectivity index (χ4v) is 5.82.